The Labute approximate surface area is 164 Å². The van der Waals surface area contributed by atoms with Gasteiger partial charge in [0.15, 0.2) is 5.58 Å². The Morgan fingerprint density at radius 1 is 0.655 bits per heavy atom. The van der Waals surface area contributed by atoms with E-state index in [1.54, 1.807) is 18.2 Å². The third-order valence-electron chi connectivity index (χ3n) is 4.92. The molecule has 0 saturated carbocycles. The predicted molar refractivity (Wildman–Crippen MR) is 108 cm³/mol. The Balaban J connectivity index is 2.21. The molecule has 4 aromatic carbocycles. The van der Waals surface area contributed by atoms with E-state index in [0.29, 0.717) is 5.39 Å². The van der Waals surface area contributed by atoms with Crippen molar-refractivity contribution >= 4 is 63.7 Å². The van der Waals surface area contributed by atoms with Gasteiger partial charge in [0.05, 0.1) is 5.39 Å². The summed E-state index contributed by atoms with van der Waals surface area (Å²) in [7, 11) is -9.55. The molecule has 0 unspecified atom stereocenters. The highest BCUT2D eigenvalue weighted by atomic mass is 32.2. The van der Waals surface area contributed by atoms with Crippen LogP contribution >= 0.6 is 0 Å². The highest BCUT2D eigenvalue weighted by Crippen LogP contribution is 2.43. The third kappa shape index (κ3) is 2.63. The van der Waals surface area contributed by atoms with E-state index in [9.17, 15) is 25.9 Å². The molecular formula is C20H12O7S2. The second kappa shape index (κ2) is 5.77. The monoisotopic (exact) mass is 428 g/mol. The molecule has 0 radical (unpaired) electrons. The van der Waals surface area contributed by atoms with Crippen LogP contribution in [0.15, 0.2) is 74.9 Å². The molecule has 0 amide bonds. The molecule has 1 aromatic heterocycles. The first-order chi connectivity index (χ1) is 13.7. The minimum atomic E-state index is -4.78. The van der Waals surface area contributed by atoms with Gasteiger partial charge in [-0.3, -0.25) is 9.11 Å². The summed E-state index contributed by atoms with van der Waals surface area (Å²) in [5, 5.41) is 1.67. The van der Waals surface area contributed by atoms with Crippen molar-refractivity contribution < 1.29 is 30.4 Å². The summed E-state index contributed by atoms with van der Waals surface area (Å²) >= 11 is 0. The average Bonchev–Trinajstić information content (AvgIpc) is 2.99. The zero-order chi connectivity index (χ0) is 20.6. The van der Waals surface area contributed by atoms with Crippen LogP contribution in [0.5, 0.6) is 0 Å². The molecule has 0 aliphatic heterocycles. The average molecular weight is 428 g/mol. The van der Waals surface area contributed by atoms with E-state index in [1.807, 2.05) is 18.2 Å². The van der Waals surface area contributed by atoms with Crippen LogP contribution in [-0.4, -0.2) is 25.9 Å². The lowest BCUT2D eigenvalue weighted by molar-refractivity contribution is 0.480. The zero-order valence-corrected chi connectivity index (χ0v) is 16.2. The Bertz CT molecular complexity index is 1700. The molecule has 0 fully saturated rings. The SMILES string of the molecule is O=S(=O)(O)c1c2ccccc2c(S(=O)(=O)O)c2c1oc1cc3ccccc3cc12. The molecule has 1 heterocycles. The number of furan rings is 1. The largest absolute Gasteiger partial charge is 0.454 e. The van der Waals surface area contributed by atoms with Crippen molar-refractivity contribution in [1.82, 2.24) is 0 Å². The Kier molecular flexibility index (Phi) is 3.60. The molecule has 0 spiro atoms. The van der Waals surface area contributed by atoms with Gasteiger partial charge in [0.2, 0.25) is 0 Å². The molecular weight excluding hydrogens is 416 g/mol. The quantitative estimate of drug-likeness (QED) is 0.400. The van der Waals surface area contributed by atoms with E-state index in [1.165, 1.54) is 24.3 Å². The summed E-state index contributed by atoms with van der Waals surface area (Å²) in [6.07, 6.45) is 0. The molecule has 5 rings (SSSR count). The maximum atomic E-state index is 12.3. The normalized spacial score (nSPS) is 13.0. The van der Waals surface area contributed by atoms with Gasteiger partial charge in [0.1, 0.15) is 15.4 Å². The van der Waals surface area contributed by atoms with Gasteiger partial charge in [0, 0.05) is 16.2 Å². The fourth-order valence-electron chi connectivity index (χ4n) is 3.83. The molecule has 5 aromatic rings. The molecule has 0 atom stereocenters. The van der Waals surface area contributed by atoms with E-state index >= 15 is 0 Å². The lowest BCUT2D eigenvalue weighted by Gasteiger charge is -2.10. The second-order valence-corrected chi connectivity index (χ2v) is 9.37. The Hall–Kier alpha value is -2.98. The van der Waals surface area contributed by atoms with Crippen molar-refractivity contribution in [3.63, 3.8) is 0 Å². The first kappa shape index (κ1) is 18.1. The van der Waals surface area contributed by atoms with Crippen LogP contribution in [0.1, 0.15) is 0 Å². The standard InChI is InChI=1S/C20H12O7S2/c21-28(22,23)19-13-7-3-4-8-14(13)20(29(24,25)26)18-17(19)15-9-11-5-1-2-6-12(11)10-16(15)27-18/h1-10H,(H,21,22,23)(H,24,25,26). The van der Waals surface area contributed by atoms with E-state index in [0.717, 1.165) is 10.8 Å². The summed E-state index contributed by atoms with van der Waals surface area (Å²) in [4.78, 5) is -1.01. The highest BCUT2D eigenvalue weighted by Gasteiger charge is 2.30. The minimum absolute atomic E-state index is 0.0361. The third-order valence-corrected chi connectivity index (χ3v) is 6.78. The number of hydrogen-bond acceptors (Lipinski definition) is 5. The maximum absolute atomic E-state index is 12.3. The number of fused-ring (bicyclic) bond motifs is 5. The fraction of sp³-hybridized carbons (Fsp3) is 0. The molecule has 2 N–H and O–H groups in total. The molecule has 0 saturated heterocycles. The smallest absolute Gasteiger partial charge is 0.298 e. The second-order valence-electron chi connectivity index (χ2n) is 6.66. The van der Waals surface area contributed by atoms with Gasteiger partial charge in [-0.1, -0.05) is 48.5 Å². The van der Waals surface area contributed by atoms with E-state index in [2.05, 4.69) is 0 Å². The molecule has 29 heavy (non-hydrogen) atoms. The van der Waals surface area contributed by atoms with Crippen molar-refractivity contribution in [2.45, 2.75) is 9.79 Å². The molecule has 9 heteroatoms. The number of benzene rings is 4. The number of hydrogen-bond donors (Lipinski definition) is 2. The maximum Gasteiger partial charge on any atom is 0.298 e. The van der Waals surface area contributed by atoms with Crippen molar-refractivity contribution in [2.24, 2.45) is 0 Å². The van der Waals surface area contributed by atoms with E-state index in [4.69, 9.17) is 4.42 Å². The van der Waals surface area contributed by atoms with Crippen LogP contribution in [0.3, 0.4) is 0 Å². The van der Waals surface area contributed by atoms with Gasteiger partial charge in [-0.2, -0.15) is 16.8 Å². The molecule has 0 aliphatic rings. The molecule has 0 aliphatic carbocycles. The predicted octanol–water partition coefficient (Wildman–Crippen LogP) is 4.39. The van der Waals surface area contributed by atoms with Crippen LogP contribution < -0.4 is 0 Å². The van der Waals surface area contributed by atoms with Crippen LogP contribution in [-0.2, 0) is 20.2 Å². The van der Waals surface area contributed by atoms with Crippen molar-refractivity contribution in [3.8, 4) is 0 Å². The van der Waals surface area contributed by atoms with E-state index in [-0.39, 0.29) is 27.3 Å². The molecule has 146 valence electrons. The first-order valence-electron chi connectivity index (χ1n) is 8.41. The van der Waals surface area contributed by atoms with Gasteiger partial charge in [0.25, 0.3) is 20.2 Å². The molecule has 0 bridgehead atoms. The van der Waals surface area contributed by atoms with Crippen LogP contribution in [0, 0.1) is 0 Å². The lowest BCUT2D eigenvalue weighted by Crippen LogP contribution is -2.05. The zero-order valence-electron chi connectivity index (χ0n) is 14.5. The van der Waals surface area contributed by atoms with Gasteiger partial charge in [-0.15, -0.1) is 0 Å². The van der Waals surface area contributed by atoms with Gasteiger partial charge >= 0.3 is 0 Å². The first-order valence-corrected chi connectivity index (χ1v) is 11.3. The summed E-state index contributed by atoms with van der Waals surface area (Å²) in [6, 6.07) is 16.3. The highest BCUT2D eigenvalue weighted by molar-refractivity contribution is 7.87. The van der Waals surface area contributed by atoms with Crippen LogP contribution in [0.2, 0.25) is 0 Å². The van der Waals surface area contributed by atoms with Crippen molar-refractivity contribution in [2.75, 3.05) is 0 Å². The van der Waals surface area contributed by atoms with Gasteiger partial charge in [-0.25, -0.2) is 0 Å². The summed E-state index contributed by atoms with van der Waals surface area (Å²) in [5.74, 6) is 0. The van der Waals surface area contributed by atoms with Gasteiger partial charge < -0.3 is 4.42 Å². The Morgan fingerprint density at radius 2 is 1.17 bits per heavy atom. The minimum Gasteiger partial charge on any atom is -0.454 e. The van der Waals surface area contributed by atoms with Crippen LogP contribution in [0.4, 0.5) is 0 Å². The van der Waals surface area contributed by atoms with Crippen LogP contribution in [0.25, 0.3) is 43.5 Å². The van der Waals surface area contributed by atoms with Gasteiger partial charge in [-0.05, 0) is 22.9 Å². The van der Waals surface area contributed by atoms with Crippen molar-refractivity contribution in [3.05, 3.63) is 60.7 Å². The summed E-state index contributed by atoms with van der Waals surface area (Å²) < 4.78 is 74.7. The lowest BCUT2D eigenvalue weighted by atomic mass is 10.0. The molecule has 7 nitrogen and oxygen atoms in total. The Morgan fingerprint density at radius 3 is 1.76 bits per heavy atom. The number of rotatable bonds is 2. The topological polar surface area (TPSA) is 122 Å². The fourth-order valence-corrected chi connectivity index (χ4v) is 5.58. The summed E-state index contributed by atoms with van der Waals surface area (Å²) in [6.45, 7) is 0. The van der Waals surface area contributed by atoms with Crippen molar-refractivity contribution in [1.29, 1.82) is 0 Å². The van der Waals surface area contributed by atoms with E-state index < -0.39 is 30.0 Å². The summed E-state index contributed by atoms with van der Waals surface area (Å²) in [5.41, 5.74) is -0.104.